The van der Waals surface area contributed by atoms with E-state index in [9.17, 15) is 0 Å². The van der Waals surface area contributed by atoms with Crippen molar-refractivity contribution in [1.82, 2.24) is 0 Å². The van der Waals surface area contributed by atoms with E-state index >= 15 is 0 Å². The fourth-order valence-electron chi connectivity index (χ4n) is 0.698. The summed E-state index contributed by atoms with van der Waals surface area (Å²) in [6.45, 7) is 4.10. The highest BCUT2D eigenvalue weighted by atomic mass is 32.1. The minimum Gasteiger partial charge on any atom is -0.324 e. The van der Waals surface area contributed by atoms with Gasteiger partial charge in [-0.05, 0) is 26.0 Å². The van der Waals surface area contributed by atoms with E-state index in [1.165, 1.54) is 9.75 Å². The molecule has 1 heterocycles. The zero-order valence-corrected chi connectivity index (χ0v) is 6.53. The summed E-state index contributed by atoms with van der Waals surface area (Å²) >= 11 is 1.77. The Balaban J connectivity index is 2.85. The van der Waals surface area contributed by atoms with E-state index in [1.54, 1.807) is 11.3 Å². The van der Waals surface area contributed by atoms with Gasteiger partial charge >= 0.3 is 0 Å². The predicted octanol–water partition coefficient (Wildman–Crippen LogP) is 2.08. The van der Waals surface area contributed by atoms with E-state index in [0.717, 1.165) is 0 Å². The summed E-state index contributed by atoms with van der Waals surface area (Å²) < 4.78 is 0. The lowest BCUT2D eigenvalue weighted by Crippen LogP contribution is -2.01. The zero-order chi connectivity index (χ0) is 6.85. The molecule has 0 bridgehead atoms. The monoisotopic (exact) mass is 141 g/mol. The Kier molecular flexibility index (Phi) is 1.88. The number of thiophene rings is 1. The van der Waals surface area contributed by atoms with Gasteiger partial charge in [0.05, 0.1) is 0 Å². The van der Waals surface area contributed by atoms with E-state index in [1.807, 2.05) is 6.92 Å². The van der Waals surface area contributed by atoms with Crippen LogP contribution >= 0.6 is 11.3 Å². The zero-order valence-electron chi connectivity index (χ0n) is 5.72. The number of hydrogen-bond donors (Lipinski definition) is 1. The van der Waals surface area contributed by atoms with E-state index in [2.05, 4.69) is 19.1 Å². The van der Waals surface area contributed by atoms with Crippen LogP contribution in [0.1, 0.15) is 22.7 Å². The van der Waals surface area contributed by atoms with E-state index in [0.29, 0.717) is 0 Å². The quantitative estimate of drug-likeness (QED) is 0.636. The molecular formula is C7H11NS. The topological polar surface area (TPSA) is 26.0 Å². The van der Waals surface area contributed by atoms with Crippen LogP contribution in [0, 0.1) is 6.92 Å². The molecule has 50 valence electrons. The lowest BCUT2D eigenvalue weighted by atomic mass is 10.3. The van der Waals surface area contributed by atoms with Crippen molar-refractivity contribution in [3.05, 3.63) is 21.9 Å². The summed E-state index contributed by atoms with van der Waals surface area (Å²) in [5.74, 6) is 0. The fourth-order valence-corrected chi connectivity index (χ4v) is 1.53. The highest BCUT2D eigenvalue weighted by Crippen LogP contribution is 2.19. The maximum atomic E-state index is 5.64. The molecule has 0 aliphatic rings. The van der Waals surface area contributed by atoms with Crippen molar-refractivity contribution in [2.24, 2.45) is 5.73 Å². The summed E-state index contributed by atoms with van der Waals surface area (Å²) in [7, 11) is 0. The first kappa shape index (κ1) is 6.78. The molecule has 0 unspecified atom stereocenters. The van der Waals surface area contributed by atoms with Crippen molar-refractivity contribution in [3.63, 3.8) is 0 Å². The minimum absolute atomic E-state index is 0.198. The predicted molar refractivity (Wildman–Crippen MR) is 41.7 cm³/mol. The lowest BCUT2D eigenvalue weighted by Gasteiger charge is -1.97. The fraction of sp³-hybridized carbons (Fsp3) is 0.429. The van der Waals surface area contributed by atoms with Crippen molar-refractivity contribution in [1.29, 1.82) is 0 Å². The second-order valence-corrected chi connectivity index (χ2v) is 3.56. The molecule has 1 atom stereocenters. The summed E-state index contributed by atoms with van der Waals surface area (Å²) in [5, 5.41) is 0. The molecule has 0 amide bonds. The van der Waals surface area contributed by atoms with Gasteiger partial charge in [0.2, 0.25) is 0 Å². The largest absolute Gasteiger partial charge is 0.324 e. The molecule has 0 aliphatic heterocycles. The van der Waals surface area contributed by atoms with E-state index in [-0.39, 0.29) is 6.04 Å². The van der Waals surface area contributed by atoms with Gasteiger partial charge in [-0.25, -0.2) is 0 Å². The van der Waals surface area contributed by atoms with Crippen LogP contribution in [0.2, 0.25) is 0 Å². The van der Waals surface area contributed by atoms with Gasteiger partial charge in [0.1, 0.15) is 0 Å². The van der Waals surface area contributed by atoms with Gasteiger partial charge < -0.3 is 5.73 Å². The Morgan fingerprint density at radius 3 is 2.44 bits per heavy atom. The second kappa shape index (κ2) is 2.50. The molecule has 0 aliphatic carbocycles. The summed E-state index contributed by atoms with van der Waals surface area (Å²) in [5.41, 5.74) is 5.64. The van der Waals surface area contributed by atoms with Gasteiger partial charge in [-0.1, -0.05) is 0 Å². The smallest absolute Gasteiger partial charge is 0.0361 e. The molecule has 0 saturated carbocycles. The van der Waals surface area contributed by atoms with Crippen LogP contribution in [0.4, 0.5) is 0 Å². The number of nitrogens with two attached hydrogens (primary N) is 1. The standard InChI is InChI=1S/C7H11NS/c1-5-3-4-7(9-5)6(2)8/h3-4,6H,8H2,1-2H3/t6-/m1/s1. The van der Waals surface area contributed by atoms with Crippen LogP contribution in [0.5, 0.6) is 0 Å². The maximum Gasteiger partial charge on any atom is 0.0361 e. The molecule has 1 aromatic rings. The van der Waals surface area contributed by atoms with Gasteiger partial charge in [0.15, 0.2) is 0 Å². The van der Waals surface area contributed by atoms with Crippen molar-refractivity contribution < 1.29 is 0 Å². The normalized spacial score (nSPS) is 13.7. The van der Waals surface area contributed by atoms with Gasteiger partial charge in [-0.3, -0.25) is 0 Å². The molecule has 9 heavy (non-hydrogen) atoms. The van der Waals surface area contributed by atoms with Gasteiger partial charge in [-0.15, -0.1) is 11.3 Å². The molecule has 0 aromatic carbocycles. The number of rotatable bonds is 1. The van der Waals surface area contributed by atoms with Gasteiger partial charge in [0.25, 0.3) is 0 Å². The van der Waals surface area contributed by atoms with Crippen molar-refractivity contribution >= 4 is 11.3 Å². The third kappa shape index (κ3) is 1.53. The third-order valence-electron chi connectivity index (χ3n) is 1.21. The molecular weight excluding hydrogens is 130 g/mol. The van der Waals surface area contributed by atoms with Crippen LogP contribution in [0.3, 0.4) is 0 Å². The average molecular weight is 141 g/mol. The molecule has 0 radical (unpaired) electrons. The average Bonchev–Trinajstić information content (AvgIpc) is 2.14. The molecule has 1 rings (SSSR count). The van der Waals surface area contributed by atoms with Crippen LogP contribution in [0.15, 0.2) is 12.1 Å². The number of aryl methyl sites for hydroxylation is 1. The van der Waals surface area contributed by atoms with E-state index in [4.69, 9.17) is 5.73 Å². The maximum absolute atomic E-state index is 5.64. The molecule has 1 aromatic heterocycles. The Morgan fingerprint density at radius 1 is 1.56 bits per heavy atom. The van der Waals surface area contributed by atoms with Crippen LogP contribution in [0.25, 0.3) is 0 Å². The molecule has 2 heteroatoms. The first-order valence-corrected chi connectivity index (χ1v) is 3.83. The van der Waals surface area contributed by atoms with Gasteiger partial charge in [0, 0.05) is 15.8 Å². The third-order valence-corrected chi connectivity index (χ3v) is 2.41. The van der Waals surface area contributed by atoms with Crippen LogP contribution < -0.4 is 5.73 Å². The number of hydrogen-bond acceptors (Lipinski definition) is 2. The van der Waals surface area contributed by atoms with E-state index < -0.39 is 0 Å². The molecule has 0 fully saturated rings. The van der Waals surface area contributed by atoms with Crippen molar-refractivity contribution in [2.75, 3.05) is 0 Å². The highest BCUT2D eigenvalue weighted by molar-refractivity contribution is 7.12. The molecule has 0 saturated heterocycles. The second-order valence-electron chi connectivity index (χ2n) is 2.24. The van der Waals surface area contributed by atoms with Crippen molar-refractivity contribution in [3.8, 4) is 0 Å². The Bertz CT molecular complexity index is 191. The van der Waals surface area contributed by atoms with Crippen molar-refractivity contribution in [2.45, 2.75) is 19.9 Å². The van der Waals surface area contributed by atoms with Crippen LogP contribution in [-0.2, 0) is 0 Å². The highest BCUT2D eigenvalue weighted by Gasteiger charge is 1.99. The lowest BCUT2D eigenvalue weighted by molar-refractivity contribution is 0.838. The first-order valence-electron chi connectivity index (χ1n) is 3.02. The Labute approximate surface area is 59.5 Å². The first-order chi connectivity index (χ1) is 4.20. The summed E-state index contributed by atoms with van der Waals surface area (Å²) in [6, 6.07) is 4.39. The molecule has 0 spiro atoms. The Morgan fingerprint density at radius 2 is 2.22 bits per heavy atom. The molecule has 1 nitrogen and oxygen atoms in total. The Hall–Kier alpha value is -0.340. The summed E-state index contributed by atoms with van der Waals surface area (Å²) in [6.07, 6.45) is 0. The van der Waals surface area contributed by atoms with Crippen LogP contribution in [-0.4, -0.2) is 0 Å². The molecule has 2 N–H and O–H groups in total. The minimum atomic E-state index is 0.198. The van der Waals surface area contributed by atoms with Gasteiger partial charge in [-0.2, -0.15) is 0 Å². The summed E-state index contributed by atoms with van der Waals surface area (Å²) in [4.78, 5) is 2.61. The SMILES string of the molecule is Cc1ccc([C@@H](C)N)s1.